The van der Waals surface area contributed by atoms with Crippen LogP contribution in [-0.4, -0.2) is 28.3 Å². The van der Waals surface area contributed by atoms with Crippen LogP contribution in [0.5, 0.6) is 0 Å². The monoisotopic (exact) mass is 222 g/mol. The van der Waals surface area contributed by atoms with Crippen molar-refractivity contribution in [1.82, 2.24) is 20.4 Å². The highest BCUT2D eigenvalue weighted by Crippen LogP contribution is 2.17. The summed E-state index contributed by atoms with van der Waals surface area (Å²) < 4.78 is 1.82. The van der Waals surface area contributed by atoms with Gasteiger partial charge in [-0.1, -0.05) is 0 Å². The molecule has 2 rings (SSSR count). The molecule has 5 heteroatoms. The molecule has 0 aromatic carbocycles. The molecule has 16 heavy (non-hydrogen) atoms. The maximum Gasteiger partial charge on any atom is 0.272 e. The Morgan fingerprint density at radius 3 is 3.00 bits per heavy atom. The lowest BCUT2D eigenvalue weighted by molar-refractivity contribution is 0.0936. The van der Waals surface area contributed by atoms with Gasteiger partial charge in [-0.15, -0.1) is 0 Å². The number of hydrogen-bond donors (Lipinski definition) is 2. The van der Waals surface area contributed by atoms with Gasteiger partial charge in [-0.25, -0.2) is 0 Å². The number of carbonyl (C=O) groups excluding carboxylic acids is 1. The number of amides is 1. The van der Waals surface area contributed by atoms with Crippen molar-refractivity contribution in [2.75, 3.05) is 6.54 Å². The van der Waals surface area contributed by atoms with Gasteiger partial charge in [-0.05, 0) is 13.8 Å². The largest absolute Gasteiger partial charge is 0.348 e. The average molecular weight is 222 g/mol. The quantitative estimate of drug-likeness (QED) is 0.751. The Hall–Kier alpha value is -1.36. The van der Waals surface area contributed by atoms with E-state index in [0.717, 1.165) is 25.1 Å². The second-order valence-corrected chi connectivity index (χ2v) is 4.45. The second kappa shape index (κ2) is 4.25. The molecule has 0 spiro atoms. The molecule has 5 nitrogen and oxygen atoms in total. The summed E-state index contributed by atoms with van der Waals surface area (Å²) in [7, 11) is 1.90. The van der Waals surface area contributed by atoms with Gasteiger partial charge in [0, 0.05) is 43.9 Å². The topological polar surface area (TPSA) is 59.0 Å². The number of nitrogens with one attached hydrogen (secondary N) is 2. The zero-order chi connectivity index (χ0) is 11.7. The summed E-state index contributed by atoms with van der Waals surface area (Å²) >= 11 is 0. The van der Waals surface area contributed by atoms with E-state index in [-0.39, 0.29) is 11.9 Å². The third kappa shape index (κ3) is 1.95. The van der Waals surface area contributed by atoms with Crippen LogP contribution in [0.25, 0.3) is 0 Å². The number of carbonyl (C=O) groups is 1. The lowest BCUT2D eigenvalue weighted by Gasteiger charge is -2.14. The lowest BCUT2D eigenvalue weighted by atomic mass is 10.1. The van der Waals surface area contributed by atoms with E-state index >= 15 is 0 Å². The highest BCUT2D eigenvalue weighted by molar-refractivity contribution is 5.94. The van der Waals surface area contributed by atoms with E-state index in [4.69, 9.17) is 0 Å². The minimum Gasteiger partial charge on any atom is -0.348 e. The predicted octanol–water partition coefficient (Wildman–Crippen LogP) is 0.204. The number of aryl methyl sites for hydroxylation is 1. The highest BCUT2D eigenvalue weighted by Gasteiger charge is 2.23. The van der Waals surface area contributed by atoms with Crippen LogP contribution >= 0.6 is 0 Å². The molecule has 0 saturated heterocycles. The van der Waals surface area contributed by atoms with Crippen molar-refractivity contribution in [3.05, 3.63) is 17.0 Å². The summed E-state index contributed by atoms with van der Waals surface area (Å²) in [5.74, 6) is -0.0736. The average Bonchev–Trinajstić information content (AvgIpc) is 2.56. The Labute approximate surface area is 95.2 Å². The lowest BCUT2D eigenvalue weighted by Crippen LogP contribution is -2.32. The molecule has 0 aliphatic carbocycles. The van der Waals surface area contributed by atoms with Gasteiger partial charge in [0.25, 0.3) is 5.91 Å². The van der Waals surface area contributed by atoms with Gasteiger partial charge in [-0.2, -0.15) is 5.10 Å². The molecular weight excluding hydrogens is 204 g/mol. The van der Waals surface area contributed by atoms with E-state index in [1.807, 2.05) is 25.6 Å². The Kier molecular flexibility index (Phi) is 2.96. The molecule has 0 unspecified atom stereocenters. The predicted molar refractivity (Wildman–Crippen MR) is 61.2 cm³/mol. The molecule has 0 radical (unpaired) electrons. The van der Waals surface area contributed by atoms with Crippen LogP contribution in [0.1, 0.15) is 35.6 Å². The summed E-state index contributed by atoms with van der Waals surface area (Å²) in [5, 5.41) is 10.5. The number of rotatable bonds is 2. The van der Waals surface area contributed by atoms with Crippen molar-refractivity contribution < 1.29 is 4.79 Å². The van der Waals surface area contributed by atoms with Crippen LogP contribution in [0.4, 0.5) is 0 Å². The van der Waals surface area contributed by atoms with Crippen LogP contribution in [0.15, 0.2) is 0 Å². The second-order valence-electron chi connectivity index (χ2n) is 4.45. The fraction of sp³-hybridized carbons (Fsp3) is 0.636. The van der Waals surface area contributed by atoms with Crippen LogP contribution in [0, 0.1) is 0 Å². The van der Waals surface area contributed by atoms with Crippen molar-refractivity contribution in [1.29, 1.82) is 0 Å². The van der Waals surface area contributed by atoms with Crippen LogP contribution in [-0.2, 0) is 20.0 Å². The van der Waals surface area contributed by atoms with Gasteiger partial charge < -0.3 is 10.6 Å². The number of aromatic nitrogens is 2. The minimum absolute atomic E-state index is 0.0736. The summed E-state index contributed by atoms with van der Waals surface area (Å²) in [5.41, 5.74) is 2.79. The van der Waals surface area contributed by atoms with Gasteiger partial charge >= 0.3 is 0 Å². The van der Waals surface area contributed by atoms with Gasteiger partial charge in [0.15, 0.2) is 5.69 Å². The molecule has 1 aliphatic heterocycles. The zero-order valence-corrected chi connectivity index (χ0v) is 10.0. The first kappa shape index (κ1) is 11.1. The number of hydrogen-bond acceptors (Lipinski definition) is 3. The van der Waals surface area contributed by atoms with Gasteiger partial charge in [0.1, 0.15) is 0 Å². The summed E-state index contributed by atoms with van der Waals surface area (Å²) in [6.07, 6.45) is 0.938. The van der Waals surface area contributed by atoms with Crippen LogP contribution in [0.2, 0.25) is 0 Å². The van der Waals surface area contributed by atoms with Crippen molar-refractivity contribution in [3.8, 4) is 0 Å². The molecule has 0 bridgehead atoms. The molecule has 0 atom stereocenters. The minimum atomic E-state index is -0.0736. The zero-order valence-electron chi connectivity index (χ0n) is 10.0. The molecule has 1 aromatic rings. The van der Waals surface area contributed by atoms with Crippen LogP contribution < -0.4 is 10.6 Å². The van der Waals surface area contributed by atoms with Crippen molar-refractivity contribution >= 4 is 5.91 Å². The van der Waals surface area contributed by atoms with E-state index in [2.05, 4.69) is 15.7 Å². The summed E-state index contributed by atoms with van der Waals surface area (Å²) in [6.45, 7) is 5.60. The van der Waals surface area contributed by atoms with E-state index in [1.54, 1.807) is 0 Å². The van der Waals surface area contributed by atoms with Gasteiger partial charge in [-0.3, -0.25) is 9.48 Å². The number of fused-ring (bicyclic) bond motifs is 1. The first-order valence-electron chi connectivity index (χ1n) is 5.66. The fourth-order valence-electron chi connectivity index (χ4n) is 2.03. The van der Waals surface area contributed by atoms with Gasteiger partial charge in [0.05, 0.1) is 0 Å². The Balaban J connectivity index is 2.31. The van der Waals surface area contributed by atoms with E-state index < -0.39 is 0 Å². The van der Waals surface area contributed by atoms with E-state index in [1.165, 1.54) is 5.69 Å². The maximum absolute atomic E-state index is 11.9. The summed E-state index contributed by atoms with van der Waals surface area (Å²) in [4.78, 5) is 11.9. The van der Waals surface area contributed by atoms with Crippen molar-refractivity contribution in [2.45, 2.75) is 32.9 Å². The first-order valence-corrected chi connectivity index (χ1v) is 5.66. The van der Waals surface area contributed by atoms with E-state index in [0.29, 0.717) is 5.69 Å². The molecule has 1 aliphatic rings. The molecule has 1 aromatic heterocycles. The molecule has 2 heterocycles. The fourth-order valence-corrected chi connectivity index (χ4v) is 2.03. The molecule has 2 N–H and O–H groups in total. The highest BCUT2D eigenvalue weighted by atomic mass is 16.2. The first-order chi connectivity index (χ1) is 7.59. The Morgan fingerprint density at radius 1 is 1.56 bits per heavy atom. The van der Waals surface area contributed by atoms with Gasteiger partial charge in [0.2, 0.25) is 0 Å². The third-order valence-electron chi connectivity index (χ3n) is 2.75. The standard InChI is InChI=1S/C11H18N4O/c1-7(2)13-11(16)10-8-6-12-5-4-9(8)15(3)14-10/h7,12H,4-6H2,1-3H3,(H,13,16). The molecular formula is C11H18N4O. The third-order valence-corrected chi connectivity index (χ3v) is 2.75. The van der Waals surface area contributed by atoms with Crippen LogP contribution in [0.3, 0.4) is 0 Å². The molecule has 88 valence electrons. The molecule has 0 fully saturated rings. The van der Waals surface area contributed by atoms with E-state index in [9.17, 15) is 4.79 Å². The molecule has 1 amide bonds. The summed E-state index contributed by atoms with van der Waals surface area (Å²) in [6, 6.07) is 0.140. The maximum atomic E-state index is 11.9. The SMILES string of the molecule is CC(C)NC(=O)c1nn(C)c2c1CNCC2. The van der Waals surface area contributed by atoms with Crippen molar-refractivity contribution in [3.63, 3.8) is 0 Å². The Morgan fingerprint density at radius 2 is 2.31 bits per heavy atom. The normalized spacial score (nSPS) is 15.0. The smallest absolute Gasteiger partial charge is 0.272 e. The Bertz CT molecular complexity index is 408. The molecule has 0 saturated carbocycles. The van der Waals surface area contributed by atoms with Crippen molar-refractivity contribution in [2.24, 2.45) is 7.05 Å². The number of nitrogens with zero attached hydrogens (tertiary/aromatic N) is 2.